The molecule has 0 saturated carbocycles. The van der Waals surface area contributed by atoms with E-state index < -0.39 is 0 Å². The van der Waals surface area contributed by atoms with Crippen LogP contribution in [0.3, 0.4) is 0 Å². The predicted octanol–water partition coefficient (Wildman–Crippen LogP) is 3.67. The molecule has 2 aromatic heterocycles. The summed E-state index contributed by atoms with van der Waals surface area (Å²) < 4.78 is 0. The topological polar surface area (TPSA) is 42.9 Å². The Kier molecular flexibility index (Phi) is 3.48. The van der Waals surface area contributed by atoms with E-state index in [0.29, 0.717) is 12.0 Å². The number of aromatic nitrogens is 2. The van der Waals surface area contributed by atoms with Gasteiger partial charge >= 0.3 is 0 Å². The summed E-state index contributed by atoms with van der Waals surface area (Å²) >= 11 is 0. The van der Waals surface area contributed by atoms with Gasteiger partial charge in [-0.25, -0.2) is 0 Å². The van der Waals surface area contributed by atoms with Crippen molar-refractivity contribution >= 4 is 16.7 Å². The highest BCUT2D eigenvalue weighted by Crippen LogP contribution is 2.19. The van der Waals surface area contributed by atoms with Gasteiger partial charge in [0.05, 0.1) is 5.52 Å². The third-order valence-corrected chi connectivity index (χ3v) is 3.62. The number of pyridine rings is 2. The molecule has 0 spiro atoms. The van der Waals surface area contributed by atoms with Crippen LogP contribution in [0.25, 0.3) is 10.9 Å². The van der Waals surface area contributed by atoms with E-state index in [2.05, 4.69) is 9.97 Å². The highest BCUT2D eigenvalue weighted by molar-refractivity contribution is 6.00. The van der Waals surface area contributed by atoms with Gasteiger partial charge in [-0.3, -0.25) is 14.8 Å². The second-order valence-corrected chi connectivity index (χ2v) is 5.17. The molecule has 0 aliphatic heterocycles. The Bertz CT molecular complexity index is 819. The number of para-hydroxylation sites is 1. The Morgan fingerprint density at radius 1 is 1.05 bits per heavy atom. The van der Waals surface area contributed by atoms with Gasteiger partial charge in [0, 0.05) is 35.0 Å². The van der Waals surface area contributed by atoms with E-state index in [1.54, 1.807) is 6.20 Å². The number of fused-ring (bicyclic) bond motifs is 1. The molecule has 0 radical (unpaired) electrons. The Hall–Kier alpha value is -2.55. The molecule has 0 N–H and O–H groups in total. The van der Waals surface area contributed by atoms with Gasteiger partial charge in [0.25, 0.3) is 0 Å². The van der Waals surface area contributed by atoms with E-state index in [0.717, 1.165) is 27.9 Å². The summed E-state index contributed by atoms with van der Waals surface area (Å²) in [5.41, 5.74) is 4.34. The lowest BCUT2D eigenvalue weighted by atomic mass is 9.99. The summed E-state index contributed by atoms with van der Waals surface area (Å²) in [7, 11) is 0. The van der Waals surface area contributed by atoms with Gasteiger partial charge in [-0.15, -0.1) is 0 Å². The van der Waals surface area contributed by atoms with E-state index >= 15 is 0 Å². The maximum absolute atomic E-state index is 12.5. The van der Waals surface area contributed by atoms with Gasteiger partial charge in [0.2, 0.25) is 0 Å². The number of carbonyl (C=O) groups excluding carboxylic acids is 1. The number of Topliss-reactive ketones (excluding diaryl/α,β-unsaturated/α-hetero) is 1. The second-order valence-electron chi connectivity index (χ2n) is 5.17. The molecule has 3 heteroatoms. The van der Waals surface area contributed by atoms with Crippen molar-refractivity contribution in [2.24, 2.45) is 0 Å². The minimum Gasteiger partial charge on any atom is -0.294 e. The number of carbonyl (C=O) groups is 1. The smallest absolute Gasteiger partial charge is 0.169 e. The van der Waals surface area contributed by atoms with Crippen LogP contribution in [0.1, 0.15) is 27.3 Å². The average molecular weight is 276 g/mol. The van der Waals surface area contributed by atoms with Gasteiger partial charge < -0.3 is 0 Å². The lowest BCUT2D eigenvalue weighted by Crippen LogP contribution is -2.08. The van der Waals surface area contributed by atoms with Crippen molar-refractivity contribution in [3.05, 3.63) is 71.2 Å². The highest BCUT2D eigenvalue weighted by atomic mass is 16.1. The predicted molar refractivity (Wildman–Crippen MR) is 83.5 cm³/mol. The monoisotopic (exact) mass is 276 g/mol. The van der Waals surface area contributed by atoms with Crippen LogP contribution < -0.4 is 0 Å². The molecular formula is C18H16N2O. The molecule has 0 unspecified atom stereocenters. The van der Waals surface area contributed by atoms with Crippen LogP contribution in [-0.4, -0.2) is 15.8 Å². The van der Waals surface area contributed by atoms with Crippen LogP contribution in [-0.2, 0) is 6.42 Å². The molecule has 3 aromatic rings. The molecule has 0 aliphatic rings. The standard InChI is InChI=1S/C18H16N2O/c1-12-7-8-15(13(2)20-12)18(21)11-14-9-10-19-17-6-4-3-5-16(14)17/h3-10H,11H2,1-2H3. The van der Waals surface area contributed by atoms with Crippen molar-refractivity contribution in [2.75, 3.05) is 0 Å². The molecule has 0 fully saturated rings. The van der Waals surface area contributed by atoms with Gasteiger partial charge in [-0.2, -0.15) is 0 Å². The molecule has 2 heterocycles. The Morgan fingerprint density at radius 3 is 2.67 bits per heavy atom. The Labute approximate surface area is 123 Å². The summed E-state index contributed by atoms with van der Waals surface area (Å²) in [6, 6.07) is 13.5. The maximum Gasteiger partial charge on any atom is 0.169 e. The molecule has 0 bridgehead atoms. The molecule has 0 saturated heterocycles. The molecular weight excluding hydrogens is 260 g/mol. The molecule has 21 heavy (non-hydrogen) atoms. The fourth-order valence-corrected chi connectivity index (χ4v) is 2.56. The molecule has 0 atom stereocenters. The Morgan fingerprint density at radius 2 is 1.86 bits per heavy atom. The molecule has 3 nitrogen and oxygen atoms in total. The SMILES string of the molecule is Cc1ccc(C(=O)Cc2ccnc3ccccc23)c(C)n1. The average Bonchev–Trinajstić information content (AvgIpc) is 2.47. The summed E-state index contributed by atoms with van der Waals surface area (Å²) in [5, 5.41) is 1.03. The van der Waals surface area contributed by atoms with Crippen LogP contribution in [0.2, 0.25) is 0 Å². The van der Waals surface area contributed by atoms with Crippen molar-refractivity contribution in [3.8, 4) is 0 Å². The minimum atomic E-state index is 0.0938. The number of ketones is 1. The van der Waals surface area contributed by atoms with Crippen molar-refractivity contribution in [1.82, 2.24) is 9.97 Å². The normalized spacial score (nSPS) is 10.8. The Balaban J connectivity index is 1.97. The fraction of sp³-hybridized carbons (Fsp3) is 0.167. The zero-order chi connectivity index (χ0) is 14.8. The van der Waals surface area contributed by atoms with E-state index in [1.807, 2.05) is 56.3 Å². The van der Waals surface area contributed by atoms with Crippen molar-refractivity contribution < 1.29 is 4.79 Å². The molecule has 104 valence electrons. The van der Waals surface area contributed by atoms with Crippen LogP contribution >= 0.6 is 0 Å². The maximum atomic E-state index is 12.5. The van der Waals surface area contributed by atoms with Crippen LogP contribution in [0, 0.1) is 13.8 Å². The molecule has 1 aromatic carbocycles. The van der Waals surface area contributed by atoms with Gasteiger partial charge in [-0.05, 0) is 43.7 Å². The zero-order valence-corrected chi connectivity index (χ0v) is 12.1. The lowest BCUT2D eigenvalue weighted by Gasteiger charge is -2.07. The van der Waals surface area contributed by atoms with Crippen molar-refractivity contribution in [2.45, 2.75) is 20.3 Å². The minimum absolute atomic E-state index is 0.0938. The van der Waals surface area contributed by atoms with Crippen LogP contribution in [0.15, 0.2) is 48.7 Å². The first-order valence-corrected chi connectivity index (χ1v) is 6.95. The van der Waals surface area contributed by atoms with Gasteiger partial charge in [0.15, 0.2) is 5.78 Å². The fourth-order valence-electron chi connectivity index (χ4n) is 2.56. The quantitative estimate of drug-likeness (QED) is 0.685. The largest absolute Gasteiger partial charge is 0.294 e. The van der Waals surface area contributed by atoms with E-state index in [-0.39, 0.29) is 5.78 Å². The van der Waals surface area contributed by atoms with E-state index in [4.69, 9.17) is 0 Å². The highest BCUT2D eigenvalue weighted by Gasteiger charge is 2.12. The number of hydrogen-bond acceptors (Lipinski definition) is 3. The van der Waals surface area contributed by atoms with Gasteiger partial charge in [0.1, 0.15) is 0 Å². The zero-order valence-electron chi connectivity index (χ0n) is 12.1. The van der Waals surface area contributed by atoms with Crippen molar-refractivity contribution in [1.29, 1.82) is 0 Å². The first-order chi connectivity index (χ1) is 10.1. The van der Waals surface area contributed by atoms with Crippen molar-refractivity contribution in [3.63, 3.8) is 0 Å². The first-order valence-electron chi connectivity index (χ1n) is 6.95. The molecule has 0 aliphatic carbocycles. The third-order valence-electron chi connectivity index (χ3n) is 3.62. The van der Waals surface area contributed by atoms with E-state index in [1.165, 1.54) is 0 Å². The molecule has 3 rings (SSSR count). The number of aryl methyl sites for hydroxylation is 2. The summed E-state index contributed by atoms with van der Waals surface area (Å²) in [5.74, 6) is 0.0938. The van der Waals surface area contributed by atoms with E-state index in [9.17, 15) is 4.79 Å². The third kappa shape index (κ3) is 2.68. The molecule has 0 amide bonds. The number of hydrogen-bond donors (Lipinski definition) is 0. The summed E-state index contributed by atoms with van der Waals surface area (Å²) in [6.45, 7) is 3.81. The van der Waals surface area contributed by atoms with Crippen LogP contribution in [0.5, 0.6) is 0 Å². The summed E-state index contributed by atoms with van der Waals surface area (Å²) in [4.78, 5) is 21.2. The summed E-state index contributed by atoms with van der Waals surface area (Å²) in [6.07, 6.45) is 2.12. The van der Waals surface area contributed by atoms with Crippen LogP contribution in [0.4, 0.5) is 0 Å². The number of rotatable bonds is 3. The number of nitrogens with zero attached hydrogens (tertiary/aromatic N) is 2. The first kappa shape index (κ1) is 13.4. The number of benzene rings is 1. The second kappa shape index (κ2) is 5.44. The lowest BCUT2D eigenvalue weighted by molar-refractivity contribution is 0.0992. The van der Waals surface area contributed by atoms with Gasteiger partial charge in [-0.1, -0.05) is 18.2 Å².